The number of likely N-dealkylation sites (tertiary alicyclic amines) is 1. The maximum absolute atomic E-state index is 13.4. The van der Waals surface area contributed by atoms with Crippen molar-refractivity contribution in [1.29, 1.82) is 0 Å². The van der Waals surface area contributed by atoms with Crippen molar-refractivity contribution in [2.75, 3.05) is 19.7 Å². The van der Waals surface area contributed by atoms with Crippen LogP contribution in [0.2, 0.25) is 0 Å². The number of aliphatic hydroxyl groups is 1. The van der Waals surface area contributed by atoms with Crippen molar-refractivity contribution in [1.82, 2.24) is 10.2 Å². The van der Waals surface area contributed by atoms with Crippen molar-refractivity contribution < 1.29 is 14.7 Å². The number of hydrogen-bond donors (Lipinski definition) is 2. The molecule has 1 aliphatic carbocycles. The van der Waals surface area contributed by atoms with Gasteiger partial charge in [0.25, 0.3) is 0 Å². The fourth-order valence-corrected chi connectivity index (χ4v) is 5.20. The molecule has 5 nitrogen and oxygen atoms in total. The molecule has 1 amide bonds. The van der Waals surface area contributed by atoms with Gasteiger partial charge in [-0.1, -0.05) is 36.5 Å². The molecule has 0 radical (unpaired) electrons. The molecule has 3 aliphatic rings. The molecular weight excluding hydrogens is 360 g/mol. The first-order valence-corrected chi connectivity index (χ1v) is 10.3. The van der Waals surface area contributed by atoms with E-state index in [0.717, 1.165) is 32.1 Å². The van der Waals surface area contributed by atoms with Gasteiger partial charge in [0.15, 0.2) is 0 Å². The number of hydrogen-bond acceptors (Lipinski definition) is 5. The van der Waals surface area contributed by atoms with E-state index in [2.05, 4.69) is 17.4 Å². The first-order valence-electron chi connectivity index (χ1n) is 9.88. The molecule has 27 heavy (non-hydrogen) atoms. The second kappa shape index (κ2) is 7.78. The Labute approximate surface area is 165 Å². The van der Waals surface area contributed by atoms with E-state index in [0.29, 0.717) is 18.0 Å². The number of fused-ring (bicyclic) bond motifs is 1. The molecule has 1 aromatic rings. The van der Waals surface area contributed by atoms with Crippen LogP contribution in [0.5, 0.6) is 0 Å². The van der Waals surface area contributed by atoms with E-state index in [1.165, 1.54) is 11.1 Å². The van der Waals surface area contributed by atoms with E-state index < -0.39 is 12.0 Å². The Morgan fingerprint density at radius 1 is 1.22 bits per heavy atom. The van der Waals surface area contributed by atoms with Crippen molar-refractivity contribution in [3.63, 3.8) is 0 Å². The number of aliphatic hydroxyl groups excluding tert-OH is 1. The van der Waals surface area contributed by atoms with Crippen LogP contribution in [-0.2, 0) is 22.4 Å². The lowest BCUT2D eigenvalue weighted by Crippen LogP contribution is -2.51. The van der Waals surface area contributed by atoms with E-state index in [9.17, 15) is 14.7 Å². The van der Waals surface area contributed by atoms with Gasteiger partial charge in [0.1, 0.15) is 11.8 Å². The molecular formula is C21H26N2O3S. The fraction of sp³-hybridized carbons (Fsp3) is 0.571. The summed E-state index contributed by atoms with van der Waals surface area (Å²) in [5.74, 6) is -0.577. The van der Waals surface area contributed by atoms with Crippen LogP contribution in [0.15, 0.2) is 24.3 Å². The van der Waals surface area contributed by atoms with E-state index in [1.54, 1.807) is 4.90 Å². The first-order chi connectivity index (χ1) is 13.1. The normalized spacial score (nSPS) is 30.4. The molecule has 2 saturated heterocycles. The molecule has 1 unspecified atom stereocenters. The van der Waals surface area contributed by atoms with Gasteiger partial charge in [0.05, 0.1) is 18.6 Å². The molecule has 144 valence electrons. The number of rotatable bonds is 4. The summed E-state index contributed by atoms with van der Waals surface area (Å²) in [6.45, 7) is 1.05. The predicted molar refractivity (Wildman–Crippen MR) is 107 cm³/mol. The van der Waals surface area contributed by atoms with Gasteiger partial charge in [-0.3, -0.25) is 9.59 Å². The van der Waals surface area contributed by atoms with Crippen molar-refractivity contribution in [3.05, 3.63) is 35.4 Å². The van der Waals surface area contributed by atoms with Crippen molar-refractivity contribution in [3.8, 4) is 0 Å². The van der Waals surface area contributed by atoms with Gasteiger partial charge >= 0.3 is 0 Å². The average Bonchev–Trinajstić information content (AvgIpc) is 3.33. The number of benzene rings is 1. The van der Waals surface area contributed by atoms with Crippen LogP contribution in [0.25, 0.3) is 0 Å². The number of Topliss-reactive ketones (excluding diaryl/α,β-unsaturated/α-hetero) is 1. The minimum Gasteiger partial charge on any atom is -0.394 e. The van der Waals surface area contributed by atoms with Gasteiger partial charge in [-0.05, 0) is 43.2 Å². The van der Waals surface area contributed by atoms with Crippen LogP contribution >= 0.6 is 12.2 Å². The van der Waals surface area contributed by atoms with Crippen LogP contribution in [0.1, 0.15) is 30.4 Å². The number of ketones is 1. The third-order valence-corrected chi connectivity index (χ3v) is 6.77. The van der Waals surface area contributed by atoms with Gasteiger partial charge < -0.3 is 15.3 Å². The van der Waals surface area contributed by atoms with Crippen molar-refractivity contribution in [2.24, 2.45) is 11.8 Å². The average molecular weight is 387 g/mol. The summed E-state index contributed by atoms with van der Waals surface area (Å²) in [6.07, 6.45) is 4.16. The molecule has 0 saturated carbocycles. The van der Waals surface area contributed by atoms with Gasteiger partial charge in [-0.2, -0.15) is 0 Å². The van der Waals surface area contributed by atoms with Crippen LogP contribution in [-0.4, -0.2) is 58.3 Å². The Morgan fingerprint density at radius 3 is 2.78 bits per heavy atom. The smallest absolute Gasteiger partial charge is 0.241 e. The highest BCUT2D eigenvalue weighted by Crippen LogP contribution is 2.31. The zero-order valence-corrected chi connectivity index (χ0v) is 16.2. The molecule has 1 aromatic carbocycles. The van der Waals surface area contributed by atoms with E-state index in [4.69, 9.17) is 12.2 Å². The highest BCUT2D eigenvalue weighted by molar-refractivity contribution is 7.80. The zero-order chi connectivity index (χ0) is 19.0. The molecule has 0 spiro atoms. The highest BCUT2D eigenvalue weighted by atomic mass is 32.1. The maximum atomic E-state index is 13.4. The zero-order valence-electron chi connectivity index (χ0n) is 15.4. The summed E-state index contributed by atoms with van der Waals surface area (Å²) >= 11 is 5.49. The summed E-state index contributed by atoms with van der Waals surface area (Å²) in [7, 11) is 0. The van der Waals surface area contributed by atoms with Crippen LogP contribution in [0.3, 0.4) is 0 Å². The summed E-state index contributed by atoms with van der Waals surface area (Å²) in [6, 6.07) is 7.58. The third-order valence-electron chi connectivity index (χ3n) is 6.37. The van der Waals surface area contributed by atoms with Crippen LogP contribution in [0, 0.1) is 11.8 Å². The molecule has 2 fully saturated rings. The van der Waals surface area contributed by atoms with E-state index in [1.807, 2.05) is 12.1 Å². The third kappa shape index (κ3) is 3.46. The van der Waals surface area contributed by atoms with E-state index in [-0.39, 0.29) is 30.3 Å². The molecule has 0 bridgehead atoms. The Morgan fingerprint density at radius 2 is 2.00 bits per heavy atom. The standard InChI is InChI=1S/C21H26N2O3S/c24-12-16-6-3-9-23(16)21(26)19-18(17(27)11-22-19)20(25)15-8-7-13-4-1-2-5-14(13)10-15/h1-2,4-5,15-16,18-19,22,24H,3,6-12H2/t15-,16-,18?,19-/m0/s1. The van der Waals surface area contributed by atoms with Gasteiger partial charge in [-0.15, -0.1) is 0 Å². The summed E-state index contributed by atoms with van der Waals surface area (Å²) in [5.41, 5.74) is 2.56. The summed E-state index contributed by atoms with van der Waals surface area (Å²) in [4.78, 5) is 28.8. The molecule has 2 N–H and O–H groups in total. The fourth-order valence-electron chi connectivity index (χ4n) is 4.87. The molecule has 4 atom stereocenters. The van der Waals surface area contributed by atoms with Gasteiger partial charge in [-0.25, -0.2) is 0 Å². The number of carbonyl (C=O) groups excluding carboxylic acids is 2. The van der Waals surface area contributed by atoms with Crippen molar-refractivity contribution >= 4 is 28.8 Å². The van der Waals surface area contributed by atoms with Crippen LogP contribution in [0.4, 0.5) is 0 Å². The Bertz CT molecular complexity index is 766. The van der Waals surface area contributed by atoms with Crippen molar-refractivity contribution in [2.45, 2.75) is 44.2 Å². The number of amides is 1. The number of aryl methyl sites for hydroxylation is 1. The Hall–Kier alpha value is -1.63. The SMILES string of the molecule is O=C(C1C(=S)CN[C@@H]1C(=O)N1CCC[C@H]1CO)[C@H]1CCc2ccccc2C1. The minimum atomic E-state index is -0.575. The summed E-state index contributed by atoms with van der Waals surface area (Å²) < 4.78 is 0. The lowest BCUT2D eigenvalue weighted by molar-refractivity contribution is -0.138. The minimum absolute atomic E-state index is 0.0269. The lowest BCUT2D eigenvalue weighted by atomic mass is 9.76. The maximum Gasteiger partial charge on any atom is 0.241 e. The molecule has 0 aromatic heterocycles. The second-order valence-corrected chi connectivity index (χ2v) is 8.45. The lowest BCUT2D eigenvalue weighted by Gasteiger charge is -2.31. The van der Waals surface area contributed by atoms with Crippen LogP contribution < -0.4 is 5.32 Å². The molecule has 4 rings (SSSR count). The topological polar surface area (TPSA) is 69.6 Å². The second-order valence-electron chi connectivity index (χ2n) is 7.92. The number of thiocarbonyl (C=S) groups is 1. The number of nitrogens with one attached hydrogen (secondary N) is 1. The molecule has 2 heterocycles. The monoisotopic (exact) mass is 386 g/mol. The first kappa shape index (κ1) is 18.7. The Kier molecular flexibility index (Phi) is 5.39. The molecule has 6 heteroatoms. The highest BCUT2D eigenvalue weighted by Gasteiger charge is 2.46. The predicted octanol–water partition coefficient (Wildman–Crippen LogP) is 1.30. The van der Waals surface area contributed by atoms with E-state index >= 15 is 0 Å². The van der Waals surface area contributed by atoms with Gasteiger partial charge in [0, 0.05) is 23.9 Å². The van der Waals surface area contributed by atoms with Gasteiger partial charge in [0.2, 0.25) is 5.91 Å². The summed E-state index contributed by atoms with van der Waals surface area (Å²) in [5, 5.41) is 12.7. The largest absolute Gasteiger partial charge is 0.394 e. The quantitative estimate of drug-likeness (QED) is 0.764. The molecule has 2 aliphatic heterocycles. The Balaban J connectivity index is 1.51. The number of carbonyl (C=O) groups is 2. The number of nitrogens with zero attached hydrogens (tertiary/aromatic N) is 1.